The van der Waals surface area contributed by atoms with Crippen LogP contribution in [-0.4, -0.2) is 22.7 Å². The summed E-state index contributed by atoms with van der Waals surface area (Å²) >= 11 is 5.51. The van der Waals surface area contributed by atoms with Crippen molar-refractivity contribution in [2.45, 2.75) is 38.3 Å². The molecule has 2 nitrogen and oxygen atoms in total. The number of phenolic OH excluding ortho intramolecular Hbond substituents is 1. The van der Waals surface area contributed by atoms with Crippen LogP contribution in [-0.2, 0) is 0 Å². The molecule has 1 aromatic rings. The first-order valence-corrected chi connectivity index (χ1v) is 8.47. The summed E-state index contributed by atoms with van der Waals surface area (Å²) < 4.78 is 1.02. The lowest BCUT2D eigenvalue weighted by molar-refractivity contribution is 0.389. The Morgan fingerprint density at radius 2 is 2.17 bits per heavy atom. The van der Waals surface area contributed by atoms with E-state index in [0.29, 0.717) is 11.8 Å². The number of nitrogens with one attached hydrogen (secondary N) is 1. The van der Waals surface area contributed by atoms with E-state index in [1.54, 1.807) is 6.07 Å². The molecule has 1 unspecified atom stereocenters. The van der Waals surface area contributed by atoms with Crippen LogP contribution in [0, 0.1) is 0 Å². The summed E-state index contributed by atoms with van der Waals surface area (Å²) in [6, 6.07) is 6.50. The lowest BCUT2D eigenvalue weighted by Gasteiger charge is -2.28. The van der Waals surface area contributed by atoms with Gasteiger partial charge < -0.3 is 10.4 Å². The first kappa shape index (κ1) is 14.2. The van der Waals surface area contributed by atoms with Crippen molar-refractivity contribution < 1.29 is 5.11 Å². The van der Waals surface area contributed by atoms with Gasteiger partial charge >= 0.3 is 0 Å². The third-order valence-electron chi connectivity index (χ3n) is 3.43. The molecule has 0 spiro atoms. The third kappa shape index (κ3) is 3.65. The van der Waals surface area contributed by atoms with Crippen molar-refractivity contribution in [2.75, 3.05) is 11.5 Å². The monoisotopic (exact) mass is 329 g/mol. The van der Waals surface area contributed by atoms with E-state index in [2.05, 4.69) is 28.2 Å². The fourth-order valence-electron chi connectivity index (χ4n) is 2.38. The molecule has 4 heteroatoms. The highest BCUT2D eigenvalue weighted by atomic mass is 79.9. The quantitative estimate of drug-likeness (QED) is 0.872. The number of benzene rings is 1. The molecule has 0 amide bonds. The van der Waals surface area contributed by atoms with Gasteiger partial charge in [-0.1, -0.05) is 22.9 Å². The zero-order chi connectivity index (χ0) is 13.0. The van der Waals surface area contributed by atoms with Crippen molar-refractivity contribution >= 4 is 27.7 Å². The van der Waals surface area contributed by atoms with Crippen molar-refractivity contribution in [3.63, 3.8) is 0 Å². The van der Waals surface area contributed by atoms with Gasteiger partial charge in [-0.05, 0) is 49.0 Å². The van der Waals surface area contributed by atoms with E-state index in [1.165, 1.54) is 24.3 Å². The molecule has 1 aliphatic rings. The second kappa shape index (κ2) is 6.83. The minimum atomic E-state index is 0.246. The van der Waals surface area contributed by atoms with Crippen molar-refractivity contribution in [2.24, 2.45) is 0 Å². The van der Waals surface area contributed by atoms with Crippen LogP contribution in [0.4, 0.5) is 0 Å². The summed E-state index contributed by atoms with van der Waals surface area (Å²) in [6.45, 7) is 2.16. The number of thioether (sulfide) groups is 1. The fourth-order valence-corrected chi connectivity index (χ4v) is 3.87. The number of rotatable bonds is 4. The maximum absolute atomic E-state index is 10.0. The predicted molar refractivity (Wildman–Crippen MR) is 82.3 cm³/mol. The highest BCUT2D eigenvalue weighted by Crippen LogP contribution is 2.30. The molecule has 1 saturated heterocycles. The van der Waals surface area contributed by atoms with Gasteiger partial charge in [-0.2, -0.15) is 11.8 Å². The zero-order valence-corrected chi connectivity index (χ0v) is 13.1. The first-order chi connectivity index (χ1) is 8.70. The molecule has 0 radical (unpaired) electrons. The Morgan fingerprint density at radius 1 is 1.44 bits per heavy atom. The van der Waals surface area contributed by atoms with Gasteiger partial charge in [0.1, 0.15) is 5.75 Å². The van der Waals surface area contributed by atoms with Gasteiger partial charge in [0, 0.05) is 22.1 Å². The van der Waals surface area contributed by atoms with Crippen LogP contribution in [0.25, 0.3) is 0 Å². The van der Waals surface area contributed by atoms with Gasteiger partial charge in [0.15, 0.2) is 0 Å². The molecule has 1 aromatic carbocycles. The van der Waals surface area contributed by atoms with E-state index in [0.717, 1.165) is 16.5 Å². The molecule has 1 heterocycles. The summed E-state index contributed by atoms with van der Waals surface area (Å²) in [4.78, 5) is 0. The minimum absolute atomic E-state index is 0.246. The van der Waals surface area contributed by atoms with E-state index in [1.807, 2.05) is 23.9 Å². The summed E-state index contributed by atoms with van der Waals surface area (Å²) in [5, 5.41) is 13.7. The third-order valence-corrected chi connectivity index (χ3v) is 4.97. The largest absolute Gasteiger partial charge is 0.508 e. The summed E-state index contributed by atoms with van der Waals surface area (Å²) in [5.74, 6) is 2.89. The van der Waals surface area contributed by atoms with E-state index in [9.17, 15) is 5.11 Å². The second-order valence-electron chi connectivity index (χ2n) is 4.72. The molecule has 1 fully saturated rings. The average molecular weight is 330 g/mol. The van der Waals surface area contributed by atoms with Gasteiger partial charge in [-0.15, -0.1) is 0 Å². The lowest BCUT2D eigenvalue weighted by Crippen LogP contribution is -2.35. The summed E-state index contributed by atoms with van der Waals surface area (Å²) in [7, 11) is 0. The molecule has 100 valence electrons. The molecule has 0 bridgehead atoms. The average Bonchev–Trinajstić information content (AvgIpc) is 2.40. The molecular weight excluding hydrogens is 310 g/mol. The van der Waals surface area contributed by atoms with Crippen LogP contribution < -0.4 is 5.32 Å². The summed E-state index contributed by atoms with van der Waals surface area (Å²) in [6.07, 6.45) is 3.46. The van der Waals surface area contributed by atoms with E-state index in [4.69, 9.17) is 0 Å². The van der Waals surface area contributed by atoms with Crippen LogP contribution in [0.15, 0.2) is 22.7 Å². The molecule has 2 N–H and O–H groups in total. The standard InChI is InChI=1S/C14H20BrNOS/c1-2-13(16-11-5-7-18-8-6-11)12-9-10(15)3-4-14(12)17/h3-4,9,11,13,16-17H,2,5-8H2,1H3. The van der Waals surface area contributed by atoms with E-state index >= 15 is 0 Å². The van der Waals surface area contributed by atoms with E-state index < -0.39 is 0 Å². The lowest BCUT2D eigenvalue weighted by atomic mass is 10.0. The van der Waals surface area contributed by atoms with Gasteiger partial charge in [0.2, 0.25) is 0 Å². The van der Waals surface area contributed by atoms with Crippen LogP contribution in [0.3, 0.4) is 0 Å². The Morgan fingerprint density at radius 3 is 2.83 bits per heavy atom. The molecule has 1 atom stereocenters. The van der Waals surface area contributed by atoms with Gasteiger partial charge in [0.05, 0.1) is 0 Å². The van der Waals surface area contributed by atoms with Gasteiger partial charge in [-0.3, -0.25) is 0 Å². The topological polar surface area (TPSA) is 32.3 Å². The Labute approximate surface area is 122 Å². The normalized spacial score (nSPS) is 18.8. The Bertz CT molecular complexity index is 393. The molecular formula is C14H20BrNOS. The van der Waals surface area contributed by atoms with Crippen molar-refractivity contribution in [1.82, 2.24) is 5.32 Å². The Balaban J connectivity index is 2.09. The summed E-state index contributed by atoms with van der Waals surface area (Å²) in [5.41, 5.74) is 1.00. The number of halogens is 1. The number of phenols is 1. The fraction of sp³-hybridized carbons (Fsp3) is 0.571. The first-order valence-electron chi connectivity index (χ1n) is 6.53. The number of aromatic hydroxyl groups is 1. The molecule has 0 aromatic heterocycles. The maximum atomic E-state index is 10.0. The SMILES string of the molecule is CCC(NC1CCSCC1)c1cc(Br)ccc1O. The van der Waals surface area contributed by atoms with Gasteiger partial charge in [-0.25, -0.2) is 0 Å². The Hall–Kier alpha value is -0.190. The molecule has 18 heavy (non-hydrogen) atoms. The maximum Gasteiger partial charge on any atom is 0.120 e. The van der Waals surface area contributed by atoms with Crippen molar-refractivity contribution in [1.29, 1.82) is 0 Å². The molecule has 2 rings (SSSR count). The number of hydrogen-bond acceptors (Lipinski definition) is 3. The molecule has 0 saturated carbocycles. The van der Waals surface area contributed by atoms with Crippen LogP contribution in [0.1, 0.15) is 37.8 Å². The Kier molecular flexibility index (Phi) is 5.39. The van der Waals surface area contributed by atoms with Crippen molar-refractivity contribution in [3.8, 4) is 5.75 Å². The second-order valence-corrected chi connectivity index (χ2v) is 6.86. The van der Waals surface area contributed by atoms with Crippen LogP contribution in [0.2, 0.25) is 0 Å². The molecule has 1 aliphatic heterocycles. The minimum Gasteiger partial charge on any atom is -0.508 e. The highest BCUT2D eigenvalue weighted by Gasteiger charge is 2.20. The van der Waals surface area contributed by atoms with Crippen LogP contribution in [0.5, 0.6) is 5.75 Å². The zero-order valence-electron chi connectivity index (χ0n) is 10.7. The molecule has 0 aliphatic carbocycles. The highest BCUT2D eigenvalue weighted by molar-refractivity contribution is 9.10. The number of hydrogen-bond donors (Lipinski definition) is 2. The smallest absolute Gasteiger partial charge is 0.120 e. The van der Waals surface area contributed by atoms with Gasteiger partial charge in [0.25, 0.3) is 0 Å². The van der Waals surface area contributed by atoms with Crippen molar-refractivity contribution in [3.05, 3.63) is 28.2 Å². The van der Waals surface area contributed by atoms with Crippen LogP contribution >= 0.6 is 27.7 Å². The van der Waals surface area contributed by atoms with E-state index in [-0.39, 0.29) is 6.04 Å². The predicted octanol–water partition coefficient (Wildman–Crippen LogP) is 4.09.